The number of rotatable bonds is 6. The third-order valence-corrected chi connectivity index (χ3v) is 3.17. The van der Waals surface area contributed by atoms with Crippen LogP contribution in [0, 0.1) is 0 Å². The van der Waals surface area contributed by atoms with Gasteiger partial charge >= 0.3 is 6.55 Å². The van der Waals surface area contributed by atoms with Crippen molar-refractivity contribution < 1.29 is 18.3 Å². The van der Waals surface area contributed by atoms with Crippen molar-refractivity contribution in [3.63, 3.8) is 0 Å². The van der Waals surface area contributed by atoms with Gasteiger partial charge in [-0.05, 0) is 6.07 Å². The summed E-state index contributed by atoms with van der Waals surface area (Å²) in [5.41, 5.74) is 0.562. The Morgan fingerprint density at radius 2 is 2.00 bits per heavy atom. The number of aromatic nitrogens is 2. The highest BCUT2D eigenvalue weighted by Crippen LogP contribution is 2.36. The summed E-state index contributed by atoms with van der Waals surface area (Å²) in [6, 6.07) is 3.22. The van der Waals surface area contributed by atoms with Gasteiger partial charge in [0, 0.05) is 18.5 Å². The molecule has 21 heavy (non-hydrogen) atoms. The van der Waals surface area contributed by atoms with Crippen molar-refractivity contribution in [1.29, 1.82) is 0 Å². The number of hydrogen-bond acceptors (Lipinski definition) is 4. The fraction of sp³-hybridized carbons (Fsp3) is 0.308. The Morgan fingerprint density at radius 3 is 2.62 bits per heavy atom. The van der Waals surface area contributed by atoms with Crippen LogP contribution in [-0.2, 0) is 6.54 Å². The maximum absolute atomic E-state index is 12.7. The third kappa shape index (κ3) is 3.36. The van der Waals surface area contributed by atoms with Gasteiger partial charge in [0.2, 0.25) is 0 Å². The summed E-state index contributed by atoms with van der Waals surface area (Å²) in [7, 11) is 2.99. The van der Waals surface area contributed by atoms with Gasteiger partial charge < -0.3 is 14.8 Å². The van der Waals surface area contributed by atoms with E-state index in [9.17, 15) is 8.78 Å². The second-order valence-corrected chi connectivity index (χ2v) is 4.48. The van der Waals surface area contributed by atoms with Crippen molar-refractivity contribution in [1.82, 2.24) is 9.55 Å². The molecule has 0 saturated carbocycles. The molecule has 0 radical (unpaired) electrons. The Hall–Kier alpha value is -2.02. The monoisotopic (exact) mass is 317 g/mol. The Kier molecular flexibility index (Phi) is 4.85. The highest BCUT2D eigenvalue weighted by atomic mass is 35.5. The summed E-state index contributed by atoms with van der Waals surface area (Å²) in [5, 5.41) is 3.36. The molecule has 1 aromatic carbocycles. The van der Waals surface area contributed by atoms with Gasteiger partial charge in [-0.3, -0.25) is 4.57 Å². The smallest absolute Gasteiger partial charge is 0.319 e. The van der Waals surface area contributed by atoms with Gasteiger partial charge in [0.1, 0.15) is 17.3 Å². The molecule has 0 bridgehead atoms. The van der Waals surface area contributed by atoms with Gasteiger partial charge in [0.05, 0.1) is 31.5 Å². The van der Waals surface area contributed by atoms with E-state index < -0.39 is 6.55 Å². The number of imidazole rings is 1. The SMILES string of the molecule is COc1cc(OC)c(NCc2nccn2C(F)F)cc1Cl. The molecule has 0 spiro atoms. The van der Waals surface area contributed by atoms with E-state index in [0.29, 0.717) is 22.2 Å². The number of hydrogen-bond donors (Lipinski definition) is 1. The van der Waals surface area contributed by atoms with Crippen LogP contribution in [0.3, 0.4) is 0 Å². The number of methoxy groups -OCH3 is 2. The molecule has 2 aromatic rings. The summed E-state index contributed by atoms with van der Waals surface area (Å²) >= 11 is 6.04. The van der Waals surface area contributed by atoms with E-state index in [-0.39, 0.29) is 12.4 Å². The van der Waals surface area contributed by atoms with Gasteiger partial charge in [0.15, 0.2) is 0 Å². The molecule has 8 heteroatoms. The van der Waals surface area contributed by atoms with E-state index >= 15 is 0 Å². The lowest BCUT2D eigenvalue weighted by Gasteiger charge is -2.14. The summed E-state index contributed by atoms with van der Waals surface area (Å²) in [6.45, 7) is -2.53. The Balaban J connectivity index is 2.19. The molecule has 0 aliphatic carbocycles. The number of halogens is 3. The largest absolute Gasteiger partial charge is 0.495 e. The van der Waals surface area contributed by atoms with Crippen LogP contribution in [-0.4, -0.2) is 23.8 Å². The predicted molar refractivity (Wildman–Crippen MR) is 75.4 cm³/mol. The van der Waals surface area contributed by atoms with Crippen molar-refractivity contribution in [3.8, 4) is 11.5 Å². The Morgan fingerprint density at radius 1 is 1.29 bits per heavy atom. The molecule has 1 heterocycles. The molecular weight excluding hydrogens is 304 g/mol. The average Bonchev–Trinajstić information content (AvgIpc) is 2.93. The summed E-state index contributed by atoms with van der Waals surface area (Å²) in [5.74, 6) is 1.17. The minimum absolute atomic E-state index is 0.107. The lowest BCUT2D eigenvalue weighted by atomic mass is 10.2. The maximum atomic E-state index is 12.7. The molecule has 0 unspecified atom stereocenters. The molecule has 114 valence electrons. The van der Waals surface area contributed by atoms with Crippen LogP contribution in [0.4, 0.5) is 14.5 Å². The molecule has 0 aliphatic rings. The molecule has 1 N–H and O–H groups in total. The van der Waals surface area contributed by atoms with Crippen LogP contribution < -0.4 is 14.8 Å². The highest BCUT2D eigenvalue weighted by Gasteiger charge is 2.13. The summed E-state index contributed by atoms with van der Waals surface area (Å²) in [4.78, 5) is 3.89. The van der Waals surface area contributed by atoms with Crippen LogP contribution in [0.25, 0.3) is 0 Å². The van der Waals surface area contributed by atoms with E-state index in [1.165, 1.54) is 26.6 Å². The van der Waals surface area contributed by atoms with Crippen molar-refractivity contribution in [2.24, 2.45) is 0 Å². The number of anilines is 1. The Labute approximate surface area is 125 Å². The molecular formula is C13H14ClF2N3O2. The van der Waals surface area contributed by atoms with Crippen molar-refractivity contribution in [2.75, 3.05) is 19.5 Å². The average molecular weight is 318 g/mol. The molecule has 0 fully saturated rings. The van der Waals surface area contributed by atoms with Crippen LogP contribution in [0.5, 0.6) is 11.5 Å². The van der Waals surface area contributed by atoms with Crippen LogP contribution >= 0.6 is 11.6 Å². The topological polar surface area (TPSA) is 48.3 Å². The van der Waals surface area contributed by atoms with E-state index in [4.69, 9.17) is 21.1 Å². The number of nitrogens with zero attached hydrogens (tertiary/aromatic N) is 2. The molecule has 1 aromatic heterocycles. The third-order valence-electron chi connectivity index (χ3n) is 2.87. The van der Waals surface area contributed by atoms with Crippen molar-refractivity contribution >= 4 is 17.3 Å². The first-order valence-electron chi connectivity index (χ1n) is 6.02. The van der Waals surface area contributed by atoms with Crippen LogP contribution in [0.2, 0.25) is 5.02 Å². The first-order valence-corrected chi connectivity index (χ1v) is 6.40. The zero-order chi connectivity index (χ0) is 15.4. The van der Waals surface area contributed by atoms with Gasteiger partial charge in [-0.2, -0.15) is 8.78 Å². The zero-order valence-electron chi connectivity index (χ0n) is 11.4. The van der Waals surface area contributed by atoms with Crippen molar-refractivity contribution in [2.45, 2.75) is 13.1 Å². The van der Waals surface area contributed by atoms with E-state index in [1.54, 1.807) is 12.1 Å². The summed E-state index contributed by atoms with van der Waals surface area (Å²) in [6.07, 6.45) is 2.54. The van der Waals surface area contributed by atoms with E-state index in [0.717, 1.165) is 4.57 Å². The zero-order valence-corrected chi connectivity index (χ0v) is 12.2. The molecule has 0 amide bonds. The van der Waals surface area contributed by atoms with Gasteiger partial charge in [0.25, 0.3) is 0 Å². The normalized spacial score (nSPS) is 10.8. The van der Waals surface area contributed by atoms with E-state index in [2.05, 4.69) is 10.3 Å². The summed E-state index contributed by atoms with van der Waals surface area (Å²) < 4.78 is 36.5. The van der Waals surface area contributed by atoms with Gasteiger partial charge in [-0.1, -0.05) is 11.6 Å². The second-order valence-electron chi connectivity index (χ2n) is 4.07. The minimum atomic E-state index is -2.63. The van der Waals surface area contributed by atoms with E-state index in [1.807, 2.05) is 0 Å². The molecule has 0 atom stereocenters. The van der Waals surface area contributed by atoms with Gasteiger partial charge in [-0.15, -0.1) is 0 Å². The quantitative estimate of drug-likeness (QED) is 0.885. The Bertz CT molecular complexity index is 619. The van der Waals surface area contributed by atoms with Crippen molar-refractivity contribution in [3.05, 3.63) is 35.4 Å². The lowest BCUT2D eigenvalue weighted by Crippen LogP contribution is -2.09. The number of ether oxygens (including phenoxy) is 2. The number of benzene rings is 1. The minimum Gasteiger partial charge on any atom is -0.495 e. The molecule has 2 rings (SSSR count). The van der Waals surface area contributed by atoms with Crippen LogP contribution in [0.1, 0.15) is 12.4 Å². The highest BCUT2D eigenvalue weighted by molar-refractivity contribution is 6.32. The van der Waals surface area contributed by atoms with Crippen LogP contribution in [0.15, 0.2) is 24.5 Å². The second kappa shape index (κ2) is 6.62. The number of nitrogens with one attached hydrogen (secondary N) is 1. The molecule has 5 nitrogen and oxygen atoms in total. The lowest BCUT2D eigenvalue weighted by molar-refractivity contribution is 0.0673. The first kappa shape index (κ1) is 15.4. The van der Waals surface area contributed by atoms with Gasteiger partial charge in [-0.25, -0.2) is 4.98 Å². The molecule has 0 saturated heterocycles. The fourth-order valence-electron chi connectivity index (χ4n) is 1.83. The maximum Gasteiger partial charge on any atom is 0.319 e. The first-order chi connectivity index (χ1) is 10.1. The molecule has 0 aliphatic heterocycles. The predicted octanol–water partition coefficient (Wildman–Crippen LogP) is 3.56. The number of alkyl halides is 2. The fourth-order valence-corrected chi connectivity index (χ4v) is 2.07. The standard InChI is InChI=1S/C13H14ClF2N3O2/c1-20-10-6-11(21-2)9(5-8(10)14)18-7-12-17-3-4-19(12)13(15)16/h3-6,13,18H,7H2,1-2H3.